The lowest BCUT2D eigenvalue weighted by molar-refractivity contribution is 0.381. The first-order chi connectivity index (χ1) is 14.3. The molecule has 0 aliphatic carbocycles. The third-order valence-corrected chi connectivity index (χ3v) is 4.72. The maximum absolute atomic E-state index is 5.33. The van der Waals surface area contributed by atoms with Crippen molar-refractivity contribution in [1.29, 1.82) is 0 Å². The van der Waals surface area contributed by atoms with Crippen LogP contribution in [0.15, 0.2) is 67.0 Å². The normalized spacial score (nSPS) is 10.7. The quantitative estimate of drug-likeness (QED) is 0.509. The minimum absolute atomic E-state index is 0.334. The van der Waals surface area contributed by atoms with Gasteiger partial charge in [0.05, 0.1) is 19.9 Å². The van der Waals surface area contributed by atoms with Crippen LogP contribution >= 0.6 is 0 Å². The van der Waals surface area contributed by atoms with Crippen LogP contribution in [0.2, 0.25) is 0 Å². The Labute approximate surface area is 169 Å². The molecule has 0 atom stereocenters. The Morgan fingerprint density at radius 1 is 0.931 bits per heavy atom. The van der Waals surface area contributed by atoms with Gasteiger partial charge in [0.15, 0.2) is 0 Å². The molecule has 1 N–H and O–H groups in total. The van der Waals surface area contributed by atoms with Gasteiger partial charge in [-0.1, -0.05) is 30.3 Å². The first-order valence-corrected chi connectivity index (χ1v) is 9.40. The molecule has 2 aromatic carbocycles. The van der Waals surface area contributed by atoms with Crippen LogP contribution in [0.25, 0.3) is 22.0 Å². The van der Waals surface area contributed by atoms with Gasteiger partial charge in [-0.05, 0) is 35.6 Å². The monoisotopic (exact) mass is 386 g/mol. The second kappa shape index (κ2) is 8.56. The minimum atomic E-state index is 0.334. The van der Waals surface area contributed by atoms with E-state index in [4.69, 9.17) is 9.47 Å². The molecule has 4 rings (SSSR count). The summed E-state index contributed by atoms with van der Waals surface area (Å²) in [5.74, 6) is 1.59. The van der Waals surface area contributed by atoms with Crippen LogP contribution in [0, 0.1) is 0 Å². The molecule has 6 nitrogen and oxygen atoms in total. The summed E-state index contributed by atoms with van der Waals surface area (Å²) in [4.78, 5) is 13.2. The van der Waals surface area contributed by atoms with E-state index in [0.717, 1.165) is 46.6 Å². The van der Waals surface area contributed by atoms with Crippen molar-refractivity contribution in [1.82, 2.24) is 15.0 Å². The average molecular weight is 386 g/mol. The molecule has 6 heteroatoms. The minimum Gasteiger partial charge on any atom is -0.497 e. The number of benzene rings is 2. The molecular weight excluding hydrogens is 364 g/mol. The highest BCUT2D eigenvalue weighted by Crippen LogP contribution is 2.29. The van der Waals surface area contributed by atoms with E-state index in [1.807, 2.05) is 48.7 Å². The molecule has 0 radical (unpaired) electrons. The van der Waals surface area contributed by atoms with Crippen LogP contribution in [0.5, 0.6) is 11.8 Å². The standard InChI is InChI=1S/C23H22N4O2/c1-28-18-8-6-16(7-9-18)10-13-25-22-14-21(26-23(27-22)29-2)20-5-3-4-17-15-24-12-11-19(17)20/h3-9,11-12,14-15H,10,13H2,1-2H3,(H,25,26,27). The molecule has 0 spiro atoms. The molecule has 0 fully saturated rings. The SMILES string of the molecule is COc1ccc(CCNc2cc(-c3cccc4cnccc34)nc(OC)n2)cc1. The molecule has 0 unspecified atom stereocenters. The Morgan fingerprint density at radius 2 is 1.79 bits per heavy atom. The summed E-state index contributed by atoms with van der Waals surface area (Å²) in [5, 5.41) is 5.54. The molecule has 0 saturated heterocycles. The molecular formula is C23H22N4O2. The molecule has 2 aromatic heterocycles. The maximum Gasteiger partial charge on any atom is 0.318 e. The fraction of sp³-hybridized carbons (Fsp3) is 0.174. The number of hydrogen-bond acceptors (Lipinski definition) is 6. The number of ether oxygens (including phenoxy) is 2. The molecule has 2 heterocycles. The average Bonchev–Trinajstić information content (AvgIpc) is 2.79. The van der Waals surface area contributed by atoms with Crippen LogP contribution in [-0.4, -0.2) is 35.7 Å². The van der Waals surface area contributed by atoms with Gasteiger partial charge in [0.2, 0.25) is 0 Å². The van der Waals surface area contributed by atoms with Crippen molar-refractivity contribution in [3.8, 4) is 23.0 Å². The van der Waals surface area contributed by atoms with Gasteiger partial charge >= 0.3 is 6.01 Å². The summed E-state index contributed by atoms with van der Waals surface area (Å²) >= 11 is 0. The Bertz CT molecular complexity index is 1110. The lowest BCUT2D eigenvalue weighted by Crippen LogP contribution is -2.08. The predicted molar refractivity (Wildman–Crippen MR) is 115 cm³/mol. The van der Waals surface area contributed by atoms with Gasteiger partial charge in [-0.25, -0.2) is 0 Å². The van der Waals surface area contributed by atoms with Gasteiger partial charge in [0.1, 0.15) is 11.6 Å². The topological polar surface area (TPSA) is 69.2 Å². The molecule has 0 bridgehead atoms. The van der Waals surface area contributed by atoms with Crippen molar-refractivity contribution in [2.24, 2.45) is 0 Å². The number of fused-ring (bicyclic) bond motifs is 1. The number of nitrogens with zero attached hydrogens (tertiary/aromatic N) is 3. The second-order valence-electron chi connectivity index (χ2n) is 6.55. The second-order valence-corrected chi connectivity index (χ2v) is 6.55. The largest absolute Gasteiger partial charge is 0.497 e. The summed E-state index contributed by atoms with van der Waals surface area (Å²) in [7, 11) is 3.25. The molecule has 0 aliphatic heterocycles. The summed E-state index contributed by atoms with van der Waals surface area (Å²) in [5.41, 5.74) is 3.05. The third-order valence-electron chi connectivity index (χ3n) is 4.72. The Morgan fingerprint density at radius 3 is 2.59 bits per heavy atom. The van der Waals surface area contributed by atoms with Crippen LogP contribution in [0.3, 0.4) is 0 Å². The first kappa shape index (κ1) is 18.7. The fourth-order valence-electron chi connectivity index (χ4n) is 3.22. The number of aromatic nitrogens is 3. The van der Waals surface area contributed by atoms with Crippen LogP contribution < -0.4 is 14.8 Å². The Kier molecular flexibility index (Phi) is 5.52. The van der Waals surface area contributed by atoms with Gasteiger partial charge in [-0.2, -0.15) is 9.97 Å². The fourth-order valence-corrected chi connectivity index (χ4v) is 3.22. The zero-order chi connectivity index (χ0) is 20.1. The lowest BCUT2D eigenvalue weighted by Gasteiger charge is -2.11. The van der Waals surface area contributed by atoms with E-state index >= 15 is 0 Å². The van der Waals surface area contributed by atoms with Gasteiger partial charge < -0.3 is 14.8 Å². The molecule has 29 heavy (non-hydrogen) atoms. The van der Waals surface area contributed by atoms with Crippen LogP contribution in [0.4, 0.5) is 5.82 Å². The van der Waals surface area contributed by atoms with Crippen LogP contribution in [-0.2, 0) is 6.42 Å². The zero-order valence-corrected chi connectivity index (χ0v) is 16.4. The number of pyridine rings is 1. The summed E-state index contributed by atoms with van der Waals surface area (Å²) < 4.78 is 10.5. The van der Waals surface area contributed by atoms with E-state index < -0.39 is 0 Å². The smallest absolute Gasteiger partial charge is 0.318 e. The molecule has 0 amide bonds. The summed E-state index contributed by atoms with van der Waals surface area (Å²) in [6, 6.07) is 18.4. The maximum atomic E-state index is 5.33. The van der Waals surface area contributed by atoms with Gasteiger partial charge in [-0.3, -0.25) is 4.98 Å². The van der Waals surface area contributed by atoms with Gasteiger partial charge in [-0.15, -0.1) is 0 Å². The van der Waals surface area contributed by atoms with Crippen LogP contribution in [0.1, 0.15) is 5.56 Å². The van der Waals surface area contributed by atoms with E-state index in [1.165, 1.54) is 5.56 Å². The lowest BCUT2D eigenvalue weighted by atomic mass is 10.0. The van der Waals surface area contributed by atoms with Gasteiger partial charge in [0.25, 0.3) is 0 Å². The van der Waals surface area contributed by atoms with Crippen molar-refractivity contribution >= 4 is 16.6 Å². The number of anilines is 1. The number of nitrogens with one attached hydrogen (secondary N) is 1. The number of rotatable bonds is 7. The summed E-state index contributed by atoms with van der Waals surface area (Å²) in [6.45, 7) is 0.741. The van der Waals surface area contributed by atoms with Crippen molar-refractivity contribution in [3.63, 3.8) is 0 Å². The highest BCUT2D eigenvalue weighted by Gasteiger charge is 2.10. The molecule has 4 aromatic rings. The molecule has 0 saturated carbocycles. The summed E-state index contributed by atoms with van der Waals surface area (Å²) in [6.07, 6.45) is 4.51. The van der Waals surface area contributed by atoms with E-state index in [-0.39, 0.29) is 0 Å². The van der Waals surface area contributed by atoms with Crippen molar-refractivity contribution in [2.75, 3.05) is 26.1 Å². The predicted octanol–water partition coefficient (Wildman–Crippen LogP) is 4.36. The highest BCUT2D eigenvalue weighted by molar-refractivity contribution is 5.95. The Balaban J connectivity index is 1.56. The van der Waals surface area contributed by atoms with E-state index in [2.05, 4.69) is 32.4 Å². The van der Waals surface area contributed by atoms with Crippen molar-refractivity contribution < 1.29 is 9.47 Å². The van der Waals surface area contributed by atoms with Crippen molar-refractivity contribution in [2.45, 2.75) is 6.42 Å². The van der Waals surface area contributed by atoms with Crippen molar-refractivity contribution in [3.05, 3.63) is 72.6 Å². The third kappa shape index (κ3) is 4.27. The first-order valence-electron chi connectivity index (χ1n) is 9.40. The number of methoxy groups -OCH3 is 2. The molecule has 146 valence electrons. The van der Waals surface area contributed by atoms with E-state index in [1.54, 1.807) is 20.4 Å². The zero-order valence-electron chi connectivity index (χ0n) is 16.4. The number of hydrogen-bond donors (Lipinski definition) is 1. The van der Waals surface area contributed by atoms with E-state index in [0.29, 0.717) is 6.01 Å². The Hall–Kier alpha value is -3.67. The van der Waals surface area contributed by atoms with E-state index in [9.17, 15) is 0 Å². The molecule has 0 aliphatic rings. The highest BCUT2D eigenvalue weighted by atomic mass is 16.5. The van der Waals surface area contributed by atoms with Gasteiger partial charge in [0, 0.05) is 36.0 Å².